The fourth-order valence-electron chi connectivity index (χ4n) is 7.83. The van der Waals surface area contributed by atoms with Crippen LogP contribution in [0.25, 0.3) is 0 Å². The van der Waals surface area contributed by atoms with Gasteiger partial charge >= 0.3 is 11.9 Å². The van der Waals surface area contributed by atoms with Crippen molar-refractivity contribution in [2.75, 3.05) is 6.61 Å². The third-order valence-corrected chi connectivity index (χ3v) is 9.88. The molecular formula is C26H36O8. The van der Waals surface area contributed by atoms with Crippen LogP contribution >= 0.6 is 0 Å². The van der Waals surface area contributed by atoms with Gasteiger partial charge in [-0.25, -0.2) is 0 Å². The predicted molar refractivity (Wildman–Crippen MR) is 118 cm³/mol. The van der Waals surface area contributed by atoms with Gasteiger partial charge in [-0.05, 0) is 43.6 Å². The van der Waals surface area contributed by atoms with Gasteiger partial charge in [-0.1, -0.05) is 27.7 Å². The lowest BCUT2D eigenvalue weighted by molar-refractivity contribution is -0.369. The van der Waals surface area contributed by atoms with Crippen LogP contribution in [0.3, 0.4) is 0 Å². The van der Waals surface area contributed by atoms with E-state index in [0.717, 1.165) is 12.8 Å². The van der Waals surface area contributed by atoms with E-state index >= 15 is 0 Å². The van der Waals surface area contributed by atoms with Gasteiger partial charge in [0.15, 0.2) is 0 Å². The molecule has 8 heteroatoms. The minimum absolute atomic E-state index is 0.0144. The number of fused-ring (bicyclic) bond motifs is 2. The molecule has 2 aliphatic carbocycles. The lowest BCUT2D eigenvalue weighted by Gasteiger charge is -2.68. The van der Waals surface area contributed by atoms with Crippen molar-refractivity contribution in [2.45, 2.75) is 96.8 Å². The van der Waals surface area contributed by atoms with Crippen molar-refractivity contribution in [3.05, 3.63) is 12.3 Å². The molecule has 0 aromatic carbocycles. The zero-order valence-electron chi connectivity index (χ0n) is 20.7. The van der Waals surface area contributed by atoms with E-state index in [2.05, 4.69) is 19.9 Å². The first kappa shape index (κ1) is 22.8. The molecule has 11 atom stereocenters. The lowest BCUT2D eigenvalue weighted by Crippen LogP contribution is -2.74. The van der Waals surface area contributed by atoms with Crippen molar-refractivity contribution in [1.82, 2.24) is 0 Å². The smallest absolute Gasteiger partial charge is 0.310 e. The summed E-state index contributed by atoms with van der Waals surface area (Å²) >= 11 is 0. The third kappa shape index (κ3) is 3.00. The molecule has 188 valence electrons. The number of epoxide rings is 1. The van der Waals surface area contributed by atoms with Crippen molar-refractivity contribution in [1.29, 1.82) is 0 Å². The molecule has 8 nitrogen and oxygen atoms in total. The van der Waals surface area contributed by atoms with Crippen LogP contribution in [0.2, 0.25) is 0 Å². The molecule has 7 rings (SSSR count). The molecule has 2 spiro atoms. The summed E-state index contributed by atoms with van der Waals surface area (Å²) in [5, 5.41) is 0. The number of hydrogen-bond acceptors (Lipinski definition) is 8. The number of ether oxygens (including phenoxy) is 6. The van der Waals surface area contributed by atoms with Crippen LogP contribution in [-0.4, -0.2) is 55.0 Å². The number of rotatable bonds is 4. The highest BCUT2D eigenvalue weighted by Gasteiger charge is 2.78. The maximum absolute atomic E-state index is 12.8. The standard InChI is InChI=1S/C26H36O8/c1-13(2)21(28)34-23-26-11-25(12-30-25)19(33-23)10-17(26)24(5,14(3)8-20(26)31-15(4)27)18-9-16-6-7-29-22(16)32-18/h6-7,13-14,16-20,22-23H,8-12H2,1-5H3. The molecule has 0 aromatic heterocycles. The second-order valence-corrected chi connectivity index (χ2v) is 11.9. The van der Waals surface area contributed by atoms with Crippen molar-refractivity contribution in [3.8, 4) is 0 Å². The van der Waals surface area contributed by atoms with Gasteiger partial charge in [0.2, 0.25) is 12.6 Å². The molecule has 2 bridgehead atoms. The highest BCUT2D eigenvalue weighted by atomic mass is 16.7. The van der Waals surface area contributed by atoms with Crippen LogP contribution < -0.4 is 0 Å². The van der Waals surface area contributed by atoms with Crippen LogP contribution in [0.4, 0.5) is 0 Å². The van der Waals surface area contributed by atoms with Crippen LogP contribution in [0.15, 0.2) is 12.3 Å². The van der Waals surface area contributed by atoms with Gasteiger partial charge < -0.3 is 28.4 Å². The van der Waals surface area contributed by atoms with E-state index in [1.165, 1.54) is 6.92 Å². The first-order chi connectivity index (χ1) is 16.1. The average Bonchev–Trinajstić information content (AvgIpc) is 3.18. The highest BCUT2D eigenvalue weighted by Crippen LogP contribution is 2.71. The highest BCUT2D eigenvalue weighted by molar-refractivity contribution is 5.71. The lowest BCUT2D eigenvalue weighted by atomic mass is 9.42. The molecule has 6 fully saturated rings. The Hall–Kier alpha value is -1.64. The van der Waals surface area contributed by atoms with Crippen molar-refractivity contribution in [2.24, 2.45) is 34.5 Å². The van der Waals surface area contributed by atoms with E-state index in [0.29, 0.717) is 19.4 Å². The van der Waals surface area contributed by atoms with Gasteiger partial charge in [-0.2, -0.15) is 0 Å². The molecule has 34 heavy (non-hydrogen) atoms. The Balaban J connectivity index is 1.43. The Morgan fingerprint density at radius 2 is 1.85 bits per heavy atom. The van der Waals surface area contributed by atoms with E-state index < -0.39 is 17.8 Å². The minimum atomic E-state index is -0.783. The van der Waals surface area contributed by atoms with Crippen LogP contribution in [0, 0.1) is 34.5 Å². The monoisotopic (exact) mass is 476 g/mol. The van der Waals surface area contributed by atoms with E-state index in [1.54, 1.807) is 6.26 Å². The Kier molecular flexibility index (Phi) is 4.98. The van der Waals surface area contributed by atoms with Crippen molar-refractivity contribution in [3.63, 3.8) is 0 Å². The average molecular weight is 477 g/mol. The molecule has 4 saturated heterocycles. The predicted octanol–water partition coefficient (Wildman–Crippen LogP) is 3.33. The zero-order chi connectivity index (χ0) is 24.0. The summed E-state index contributed by atoms with van der Waals surface area (Å²) in [6.07, 6.45) is 5.16. The van der Waals surface area contributed by atoms with Gasteiger partial charge in [0.05, 0.1) is 36.4 Å². The number of carbonyl (C=O) groups excluding carboxylic acids is 2. The fourth-order valence-corrected chi connectivity index (χ4v) is 7.83. The summed E-state index contributed by atoms with van der Waals surface area (Å²) < 4.78 is 36.8. The number of esters is 2. The summed E-state index contributed by atoms with van der Waals surface area (Å²) in [5.74, 6) is -0.375. The molecule has 5 aliphatic heterocycles. The normalized spacial score (nSPS) is 52.3. The summed E-state index contributed by atoms with van der Waals surface area (Å²) in [5.41, 5.74) is -1.31. The van der Waals surface area contributed by atoms with Crippen molar-refractivity contribution < 1.29 is 38.0 Å². The first-order valence-corrected chi connectivity index (χ1v) is 12.7. The molecule has 0 N–H and O–H groups in total. The Labute approximate surface area is 200 Å². The summed E-state index contributed by atoms with van der Waals surface area (Å²) in [7, 11) is 0. The minimum Gasteiger partial charge on any atom is -0.472 e. The van der Waals surface area contributed by atoms with Crippen LogP contribution in [0.1, 0.15) is 60.3 Å². The van der Waals surface area contributed by atoms with Crippen molar-refractivity contribution >= 4 is 11.9 Å². The van der Waals surface area contributed by atoms with Gasteiger partial charge in [0.25, 0.3) is 0 Å². The van der Waals surface area contributed by atoms with Gasteiger partial charge in [0.1, 0.15) is 11.7 Å². The quantitative estimate of drug-likeness (QED) is 0.451. The maximum Gasteiger partial charge on any atom is 0.310 e. The summed E-state index contributed by atoms with van der Waals surface area (Å²) in [6, 6.07) is 0. The number of carbonyl (C=O) groups is 2. The SMILES string of the molecule is CC(=O)OC1CC(C)C(C)(C2CC3C=COC3O2)C2CC3OC(OC(=O)C(C)C)C12CC31CO1. The molecule has 0 amide bonds. The van der Waals surface area contributed by atoms with E-state index in [4.69, 9.17) is 28.4 Å². The van der Waals surface area contributed by atoms with Crippen LogP contribution in [-0.2, 0) is 38.0 Å². The Morgan fingerprint density at radius 3 is 2.50 bits per heavy atom. The van der Waals surface area contributed by atoms with Gasteiger partial charge in [-0.3, -0.25) is 9.59 Å². The molecule has 0 radical (unpaired) electrons. The largest absolute Gasteiger partial charge is 0.472 e. The number of hydrogen-bond donors (Lipinski definition) is 0. The zero-order valence-corrected chi connectivity index (χ0v) is 20.7. The van der Waals surface area contributed by atoms with Crippen LogP contribution in [0.5, 0.6) is 0 Å². The third-order valence-electron chi connectivity index (χ3n) is 9.88. The summed E-state index contributed by atoms with van der Waals surface area (Å²) in [4.78, 5) is 25.1. The fraction of sp³-hybridized carbons (Fsp3) is 0.846. The Morgan fingerprint density at radius 1 is 1.09 bits per heavy atom. The molecular weight excluding hydrogens is 440 g/mol. The Bertz CT molecular complexity index is 910. The van der Waals surface area contributed by atoms with E-state index in [1.807, 2.05) is 13.8 Å². The first-order valence-electron chi connectivity index (χ1n) is 12.7. The van der Waals surface area contributed by atoms with Gasteiger partial charge in [-0.15, -0.1) is 0 Å². The summed E-state index contributed by atoms with van der Waals surface area (Å²) in [6.45, 7) is 10.3. The topological polar surface area (TPSA) is 92.8 Å². The van der Waals surface area contributed by atoms with E-state index in [9.17, 15) is 9.59 Å². The second kappa shape index (κ2) is 7.43. The molecule has 0 aromatic rings. The van der Waals surface area contributed by atoms with Gasteiger partial charge in [0, 0.05) is 18.3 Å². The molecule has 11 unspecified atom stereocenters. The second-order valence-electron chi connectivity index (χ2n) is 11.9. The van der Waals surface area contributed by atoms with E-state index in [-0.39, 0.29) is 65.1 Å². The maximum atomic E-state index is 12.8. The molecule has 2 saturated carbocycles. The molecule has 5 heterocycles. The molecule has 7 aliphatic rings.